The minimum absolute atomic E-state index is 0.0489. The van der Waals surface area contributed by atoms with E-state index in [1.165, 1.54) is 16.7 Å². The predicted octanol–water partition coefficient (Wildman–Crippen LogP) is 2.02. The van der Waals surface area contributed by atoms with E-state index in [9.17, 15) is 9.59 Å². The molecule has 0 radical (unpaired) electrons. The molecule has 1 N–H and O–H groups in total. The summed E-state index contributed by atoms with van der Waals surface area (Å²) in [5.41, 5.74) is 4.03. The van der Waals surface area contributed by atoms with Crippen molar-refractivity contribution in [2.45, 2.75) is 32.0 Å². The van der Waals surface area contributed by atoms with Crippen LogP contribution >= 0.6 is 11.8 Å². The fraction of sp³-hybridized carbons (Fsp3) is 0.350. The van der Waals surface area contributed by atoms with E-state index in [0.717, 1.165) is 22.5 Å². The monoisotopic (exact) mass is 412 g/mol. The molecular weight excluding hydrogens is 388 g/mol. The molecule has 2 amide bonds. The lowest BCUT2D eigenvalue weighted by molar-refractivity contribution is -0.120. The number of carbonyl (C=O) groups excluding carboxylic acids is 2. The molecule has 1 aromatic carbocycles. The quantitative estimate of drug-likeness (QED) is 0.623. The van der Waals surface area contributed by atoms with E-state index in [1.807, 2.05) is 32.2 Å². The summed E-state index contributed by atoms with van der Waals surface area (Å²) in [6.07, 6.45) is 2.13. The van der Waals surface area contributed by atoms with Crippen molar-refractivity contribution in [2.24, 2.45) is 0 Å². The van der Waals surface area contributed by atoms with Gasteiger partial charge in [0.2, 0.25) is 11.1 Å². The maximum absolute atomic E-state index is 12.5. The highest BCUT2D eigenvalue weighted by molar-refractivity contribution is 7.98. The molecule has 2 heterocycles. The highest BCUT2D eigenvalue weighted by Gasteiger charge is 2.16. The Labute approximate surface area is 173 Å². The van der Waals surface area contributed by atoms with E-state index < -0.39 is 0 Å². The van der Waals surface area contributed by atoms with Gasteiger partial charge in [-0.15, -0.1) is 5.10 Å². The van der Waals surface area contributed by atoms with Crippen LogP contribution in [0.5, 0.6) is 0 Å². The summed E-state index contributed by atoms with van der Waals surface area (Å²) in [4.78, 5) is 34.8. The Balaban J connectivity index is 1.67. The van der Waals surface area contributed by atoms with Crippen molar-refractivity contribution in [3.05, 3.63) is 52.3 Å². The second kappa shape index (κ2) is 8.60. The van der Waals surface area contributed by atoms with Crippen LogP contribution in [-0.2, 0) is 17.8 Å². The highest BCUT2D eigenvalue weighted by atomic mass is 32.2. The van der Waals surface area contributed by atoms with Crippen molar-refractivity contribution >= 4 is 29.4 Å². The number of aromatic nitrogens is 4. The van der Waals surface area contributed by atoms with E-state index in [2.05, 4.69) is 20.4 Å². The van der Waals surface area contributed by atoms with Gasteiger partial charge in [0.15, 0.2) is 0 Å². The zero-order valence-electron chi connectivity index (χ0n) is 17.2. The molecule has 152 valence electrons. The third-order valence-corrected chi connectivity index (χ3v) is 5.18. The smallest absolute Gasteiger partial charge is 0.253 e. The number of fused-ring (bicyclic) bond motifs is 1. The Bertz CT molecular complexity index is 1060. The van der Waals surface area contributed by atoms with E-state index in [-0.39, 0.29) is 18.2 Å². The molecule has 2 aromatic heterocycles. The molecule has 0 atom stereocenters. The molecule has 0 saturated heterocycles. The SMILES string of the molecule is CSc1nc2nc(C)c(CC(=O)NCc3ccc(C(=O)N(C)C)cc3)c(C)n2n1. The van der Waals surface area contributed by atoms with Gasteiger partial charge in [0.25, 0.3) is 11.7 Å². The molecular formula is C20H24N6O2S. The van der Waals surface area contributed by atoms with Crippen LogP contribution in [-0.4, -0.2) is 56.6 Å². The summed E-state index contributed by atoms with van der Waals surface area (Å²) >= 11 is 1.45. The van der Waals surface area contributed by atoms with Crippen LogP contribution in [0.15, 0.2) is 29.4 Å². The molecule has 0 aliphatic heterocycles. The van der Waals surface area contributed by atoms with Gasteiger partial charge in [0.05, 0.1) is 6.42 Å². The zero-order chi connectivity index (χ0) is 21.1. The van der Waals surface area contributed by atoms with Crippen molar-refractivity contribution in [3.63, 3.8) is 0 Å². The number of rotatable bonds is 6. The highest BCUT2D eigenvalue weighted by Crippen LogP contribution is 2.17. The van der Waals surface area contributed by atoms with Gasteiger partial charge in [0.1, 0.15) is 0 Å². The van der Waals surface area contributed by atoms with Crippen LogP contribution in [0.25, 0.3) is 5.78 Å². The third kappa shape index (κ3) is 4.56. The molecule has 9 heteroatoms. The number of benzene rings is 1. The summed E-state index contributed by atoms with van der Waals surface area (Å²) in [5.74, 6) is 0.393. The second-order valence-corrected chi connectivity index (χ2v) is 7.69. The van der Waals surface area contributed by atoms with Gasteiger partial charge in [-0.05, 0) is 37.8 Å². The molecule has 0 saturated carbocycles. The zero-order valence-corrected chi connectivity index (χ0v) is 18.0. The number of carbonyl (C=O) groups is 2. The Morgan fingerprint density at radius 2 is 1.83 bits per heavy atom. The first-order valence-corrected chi connectivity index (χ1v) is 10.4. The van der Waals surface area contributed by atoms with Crippen molar-refractivity contribution in [1.29, 1.82) is 0 Å². The Morgan fingerprint density at radius 1 is 1.14 bits per heavy atom. The number of amides is 2. The molecule has 3 rings (SSSR count). The lowest BCUT2D eigenvalue weighted by Crippen LogP contribution is -2.26. The largest absolute Gasteiger partial charge is 0.352 e. The number of thioether (sulfide) groups is 1. The molecule has 0 bridgehead atoms. The van der Waals surface area contributed by atoms with Gasteiger partial charge >= 0.3 is 0 Å². The first-order chi connectivity index (χ1) is 13.8. The van der Waals surface area contributed by atoms with E-state index in [4.69, 9.17) is 0 Å². The number of aryl methyl sites for hydroxylation is 2. The van der Waals surface area contributed by atoms with Gasteiger partial charge in [0, 0.05) is 43.2 Å². The molecule has 0 aliphatic carbocycles. The molecule has 0 spiro atoms. The average molecular weight is 413 g/mol. The normalized spacial score (nSPS) is 10.9. The van der Waals surface area contributed by atoms with Crippen molar-refractivity contribution in [1.82, 2.24) is 29.8 Å². The van der Waals surface area contributed by atoms with Crippen molar-refractivity contribution in [3.8, 4) is 0 Å². The Kier molecular flexibility index (Phi) is 6.17. The second-order valence-electron chi connectivity index (χ2n) is 6.92. The van der Waals surface area contributed by atoms with E-state index >= 15 is 0 Å². The fourth-order valence-corrected chi connectivity index (χ4v) is 3.32. The van der Waals surface area contributed by atoms with Crippen LogP contribution in [0.4, 0.5) is 0 Å². The summed E-state index contributed by atoms with van der Waals surface area (Å²) < 4.78 is 1.68. The molecule has 8 nitrogen and oxygen atoms in total. The van der Waals surface area contributed by atoms with Crippen LogP contribution < -0.4 is 5.32 Å². The fourth-order valence-electron chi connectivity index (χ4n) is 2.98. The van der Waals surface area contributed by atoms with Crippen LogP contribution in [0, 0.1) is 13.8 Å². The summed E-state index contributed by atoms with van der Waals surface area (Å²) in [7, 11) is 3.43. The molecule has 3 aromatic rings. The summed E-state index contributed by atoms with van der Waals surface area (Å²) in [6.45, 7) is 4.19. The van der Waals surface area contributed by atoms with Gasteiger partial charge in [-0.3, -0.25) is 9.59 Å². The Hall–Kier alpha value is -2.94. The molecule has 0 aliphatic rings. The topological polar surface area (TPSA) is 92.5 Å². The minimum Gasteiger partial charge on any atom is -0.352 e. The van der Waals surface area contributed by atoms with E-state index in [1.54, 1.807) is 30.7 Å². The van der Waals surface area contributed by atoms with E-state index in [0.29, 0.717) is 23.0 Å². The number of hydrogen-bond donors (Lipinski definition) is 1. The number of nitrogens with one attached hydrogen (secondary N) is 1. The van der Waals surface area contributed by atoms with Gasteiger partial charge in [-0.25, -0.2) is 9.50 Å². The third-order valence-electron chi connectivity index (χ3n) is 4.65. The van der Waals surface area contributed by atoms with Crippen LogP contribution in [0.3, 0.4) is 0 Å². The van der Waals surface area contributed by atoms with Crippen molar-refractivity contribution in [2.75, 3.05) is 20.4 Å². The first-order valence-electron chi connectivity index (χ1n) is 9.14. The van der Waals surface area contributed by atoms with Crippen LogP contribution in [0.2, 0.25) is 0 Å². The lowest BCUT2D eigenvalue weighted by atomic mass is 10.1. The van der Waals surface area contributed by atoms with Gasteiger partial charge in [-0.2, -0.15) is 4.98 Å². The minimum atomic E-state index is -0.101. The number of nitrogens with zero attached hydrogens (tertiary/aromatic N) is 5. The maximum atomic E-state index is 12.5. The maximum Gasteiger partial charge on any atom is 0.253 e. The van der Waals surface area contributed by atoms with Gasteiger partial charge < -0.3 is 10.2 Å². The standard InChI is InChI=1S/C20H24N6O2S/c1-12-16(13(2)26-19(22-12)23-20(24-26)29-5)10-17(27)21-11-14-6-8-15(9-7-14)18(28)25(3)4/h6-9H,10-11H2,1-5H3,(H,21,27). The molecule has 0 fully saturated rings. The first kappa shape index (κ1) is 20.8. The lowest BCUT2D eigenvalue weighted by Gasteiger charge is -2.12. The van der Waals surface area contributed by atoms with Crippen LogP contribution in [0.1, 0.15) is 32.9 Å². The molecule has 0 unspecified atom stereocenters. The predicted molar refractivity (Wildman–Crippen MR) is 112 cm³/mol. The van der Waals surface area contributed by atoms with Gasteiger partial charge in [-0.1, -0.05) is 23.9 Å². The summed E-state index contributed by atoms with van der Waals surface area (Å²) in [6, 6.07) is 7.23. The molecule has 29 heavy (non-hydrogen) atoms. The van der Waals surface area contributed by atoms with Crippen molar-refractivity contribution < 1.29 is 9.59 Å². The average Bonchev–Trinajstić information content (AvgIpc) is 3.12. The Morgan fingerprint density at radius 3 is 2.45 bits per heavy atom. The number of hydrogen-bond acceptors (Lipinski definition) is 6. The summed E-state index contributed by atoms with van der Waals surface area (Å²) in [5, 5.41) is 7.99.